The first-order valence-corrected chi connectivity index (χ1v) is 7.58. The van der Waals surface area contributed by atoms with Gasteiger partial charge in [0.1, 0.15) is 0 Å². The van der Waals surface area contributed by atoms with E-state index in [4.69, 9.17) is 14.3 Å². The molecule has 22 heavy (non-hydrogen) atoms. The number of fused-ring (bicyclic) bond motifs is 1. The van der Waals surface area contributed by atoms with Gasteiger partial charge in [-0.3, -0.25) is 0 Å². The Morgan fingerprint density at radius 3 is 2.73 bits per heavy atom. The van der Waals surface area contributed by atoms with Crippen molar-refractivity contribution < 1.29 is 14.3 Å². The second kappa shape index (κ2) is 8.27. The largest absolute Gasteiger partial charge is 0.492 e. The molecule has 0 atom stereocenters. The number of aryl methyl sites for hydroxylation is 1. The van der Waals surface area contributed by atoms with Gasteiger partial charge in [0, 0.05) is 11.6 Å². The van der Waals surface area contributed by atoms with Gasteiger partial charge in [-0.25, -0.2) is 0 Å². The predicted octanol–water partition coefficient (Wildman–Crippen LogP) is 4.35. The van der Waals surface area contributed by atoms with Crippen LogP contribution in [0.3, 0.4) is 0 Å². The van der Waals surface area contributed by atoms with Crippen molar-refractivity contribution in [2.45, 2.75) is 32.1 Å². The summed E-state index contributed by atoms with van der Waals surface area (Å²) in [7, 11) is 3.23. The average Bonchev–Trinajstić information content (AvgIpc) is 2.76. The minimum atomic E-state index is 0.434. The number of benzene rings is 1. The summed E-state index contributed by atoms with van der Waals surface area (Å²) < 4.78 is 10.7. The fraction of sp³-hybridized carbons (Fsp3) is 0.389. The zero-order valence-electron chi connectivity index (χ0n) is 13.3. The maximum absolute atomic E-state index is 5.56. The zero-order valence-corrected chi connectivity index (χ0v) is 13.3. The lowest BCUT2D eigenvalue weighted by Gasteiger charge is -2.13. The number of methoxy groups -OCH3 is 2. The minimum Gasteiger partial charge on any atom is -0.492 e. The van der Waals surface area contributed by atoms with E-state index in [0.717, 1.165) is 36.1 Å². The summed E-state index contributed by atoms with van der Waals surface area (Å²) in [6, 6.07) is 4.12. The number of oxime groups is 1. The van der Waals surface area contributed by atoms with Crippen molar-refractivity contribution in [3.8, 4) is 11.5 Å². The Morgan fingerprint density at radius 1 is 1.14 bits per heavy atom. The Kier molecular flexibility index (Phi) is 6.07. The van der Waals surface area contributed by atoms with Gasteiger partial charge >= 0.3 is 0 Å². The Hall–Kier alpha value is -2.23. The van der Waals surface area contributed by atoms with E-state index in [1.165, 1.54) is 12.8 Å². The van der Waals surface area contributed by atoms with Gasteiger partial charge in [-0.1, -0.05) is 24.6 Å². The molecule has 0 bridgehead atoms. The fourth-order valence-electron chi connectivity index (χ4n) is 2.43. The zero-order chi connectivity index (χ0) is 15.8. The van der Waals surface area contributed by atoms with Gasteiger partial charge in [0.05, 0.1) is 14.2 Å². The molecule has 0 amide bonds. The van der Waals surface area contributed by atoms with Crippen molar-refractivity contribution in [2.75, 3.05) is 14.2 Å². The monoisotopic (exact) mass is 301 g/mol. The van der Waals surface area contributed by atoms with Gasteiger partial charge in [-0.05, 0) is 42.5 Å². The molecule has 0 aliphatic carbocycles. The molecule has 0 fully saturated rings. The van der Waals surface area contributed by atoms with Crippen LogP contribution in [0.2, 0.25) is 0 Å². The summed E-state index contributed by atoms with van der Waals surface area (Å²) in [5.74, 6) is 1.84. The highest BCUT2D eigenvalue weighted by atomic mass is 16.7. The van der Waals surface area contributed by atoms with Crippen LogP contribution in [0, 0.1) is 0 Å². The molecule has 4 nitrogen and oxygen atoms in total. The number of hydrogen-bond donors (Lipinski definition) is 0. The number of ether oxygens (including phenoxy) is 2. The number of allylic oxidation sites excluding steroid dienone is 1. The van der Waals surface area contributed by atoms with Gasteiger partial charge in [-0.2, -0.15) is 0 Å². The van der Waals surface area contributed by atoms with Crippen molar-refractivity contribution >= 4 is 12.0 Å². The van der Waals surface area contributed by atoms with Gasteiger partial charge in [0.25, 0.3) is 5.90 Å². The van der Waals surface area contributed by atoms with Gasteiger partial charge in [-0.15, -0.1) is 6.58 Å². The van der Waals surface area contributed by atoms with Crippen molar-refractivity contribution in [3.05, 3.63) is 42.0 Å². The molecule has 0 N–H and O–H groups in total. The van der Waals surface area contributed by atoms with Gasteiger partial charge < -0.3 is 14.3 Å². The molecule has 1 heterocycles. The van der Waals surface area contributed by atoms with Crippen LogP contribution in [-0.4, -0.2) is 20.1 Å². The standard InChI is InChI=1S/C18H23NO3/c1-4-5-6-7-8-9-14-10-11-15-12-13-16(20-2)19-22-18(15)17(14)21-3/h4,10-13H,1,5-9H2,2-3H3. The predicted molar refractivity (Wildman–Crippen MR) is 89.5 cm³/mol. The minimum absolute atomic E-state index is 0.434. The van der Waals surface area contributed by atoms with Crippen LogP contribution in [0.5, 0.6) is 11.5 Å². The Bertz CT molecular complexity index is 576. The summed E-state index contributed by atoms with van der Waals surface area (Å²) in [5.41, 5.74) is 2.08. The van der Waals surface area contributed by atoms with Crippen LogP contribution in [0.25, 0.3) is 6.08 Å². The molecule has 0 spiro atoms. The van der Waals surface area contributed by atoms with Crippen molar-refractivity contribution in [3.63, 3.8) is 0 Å². The van der Waals surface area contributed by atoms with E-state index < -0.39 is 0 Å². The van der Waals surface area contributed by atoms with Crippen molar-refractivity contribution in [1.29, 1.82) is 0 Å². The molecular weight excluding hydrogens is 278 g/mol. The quantitative estimate of drug-likeness (QED) is 0.555. The highest BCUT2D eigenvalue weighted by molar-refractivity contribution is 5.92. The van der Waals surface area contributed by atoms with E-state index in [0.29, 0.717) is 11.6 Å². The SMILES string of the molecule is C=CCCCCCc1ccc2c(c1OC)ON=C(OC)C=C2. The first-order valence-electron chi connectivity index (χ1n) is 7.58. The number of rotatable bonds is 7. The highest BCUT2D eigenvalue weighted by Crippen LogP contribution is 2.37. The summed E-state index contributed by atoms with van der Waals surface area (Å²) in [6.07, 6.45) is 11.2. The molecule has 1 aromatic carbocycles. The normalized spacial score (nSPS) is 12.7. The first-order chi connectivity index (χ1) is 10.8. The molecule has 4 heteroatoms. The summed E-state index contributed by atoms with van der Waals surface area (Å²) in [4.78, 5) is 5.52. The van der Waals surface area contributed by atoms with Gasteiger partial charge in [0.15, 0.2) is 5.75 Å². The summed E-state index contributed by atoms with van der Waals surface area (Å²) in [5, 5.41) is 3.97. The van der Waals surface area contributed by atoms with Crippen molar-refractivity contribution in [2.24, 2.45) is 5.16 Å². The van der Waals surface area contributed by atoms with Gasteiger partial charge in [0.2, 0.25) is 5.75 Å². The fourth-order valence-corrected chi connectivity index (χ4v) is 2.43. The number of nitrogens with zero attached hydrogens (tertiary/aromatic N) is 1. The molecule has 1 aliphatic rings. The molecular formula is C18H23NO3. The van der Waals surface area contributed by atoms with Crippen LogP contribution in [-0.2, 0) is 11.2 Å². The summed E-state index contributed by atoms with van der Waals surface area (Å²) in [6.45, 7) is 3.75. The molecule has 0 unspecified atom stereocenters. The maximum atomic E-state index is 5.56. The molecule has 118 valence electrons. The molecule has 0 saturated heterocycles. The second-order valence-electron chi connectivity index (χ2n) is 5.12. The van der Waals surface area contributed by atoms with Crippen LogP contribution in [0.15, 0.2) is 36.0 Å². The van der Waals surface area contributed by atoms with Crippen molar-refractivity contribution in [1.82, 2.24) is 0 Å². The van der Waals surface area contributed by atoms with E-state index in [1.54, 1.807) is 20.3 Å². The highest BCUT2D eigenvalue weighted by Gasteiger charge is 2.17. The molecule has 0 radical (unpaired) electrons. The number of hydrogen-bond acceptors (Lipinski definition) is 4. The van der Waals surface area contributed by atoms with Crippen LogP contribution >= 0.6 is 0 Å². The second-order valence-corrected chi connectivity index (χ2v) is 5.12. The van der Waals surface area contributed by atoms with E-state index in [2.05, 4.69) is 17.8 Å². The average molecular weight is 301 g/mol. The Labute approximate surface area is 132 Å². The smallest absolute Gasteiger partial charge is 0.250 e. The van der Waals surface area contributed by atoms with Crippen LogP contribution in [0.1, 0.15) is 36.8 Å². The first kappa shape index (κ1) is 16.1. The third-order valence-corrected chi connectivity index (χ3v) is 3.62. The lowest BCUT2D eigenvalue weighted by molar-refractivity contribution is 0.289. The molecule has 1 aromatic rings. The third kappa shape index (κ3) is 3.91. The number of unbranched alkanes of at least 4 members (excludes halogenated alkanes) is 3. The molecule has 0 saturated carbocycles. The van der Waals surface area contributed by atoms with Crippen LogP contribution < -0.4 is 9.57 Å². The molecule has 1 aliphatic heterocycles. The lowest BCUT2D eigenvalue weighted by Crippen LogP contribution is -2.00. The third-order valence-electron chi connectivity index (χ3n) is 3.62. The Morgan fingerprint density at radius 2 is 2.00 bits per heavy atom. The van der Waals surface area contributed by atoms with Crippen LogP contribution in [0.4, 0.5) is 0 Å². The van der Waals surface area contributed by atoms with E-state index in [-0.39, 0.29) is 0 Å². The molecule has 2 rings (SSSR count). The Balaban J connectivity index is 2.14. The van der Waals surface area contributed by atoms with E-state index in [1.807, 2.05) is 18.2 Å². The van der Waals surface area contributed by atoms with E-state index >= 15 is 0 Å². The maximum Gasteiger partial charge on any atom is 0.250 e. The summed E-state index contributed by atoms with van der Waals surface area (Å²) >= 11 is 0. The lowest BCUT2D eigenvalue weighted by atomic mass is 10.0. The van der Waals surface area contributed by atoms with E-state index in [9.17, 15) is 0 Å². The molecule has 0 aromatic heterocycles. The topological polar surface area (TPSA) is 40.0 Å².